The van der Waals surface area contributed by atoms with E-state index in [1.165, 1.54) is 18.2 Å². The minimum absolute atomic E-state index is 0.150. The highest BCUT2D eigenvalue weighted by Crippen LogP contribution is 2.33. The number of benzene rings is 1. The molecule has 1 aromatic carbocycles. The van der Waals surface area contributed by atoms with E-state index in [4.69, 9.17) is 42.6 Å². The van der Waals surface area contributed by atoms with Crippen LogP contribution in [0.15, 0.2) is 24.4 Å². The molecule has 0 spiro atoms. The number of para-hydroxylation sites is 1. The highest BCUT2D eigenvalue weighted by atomic mass is 16.6. The summed E-state index contributed by atoms with van der Waals surface area (Å²) in [6.45, 7) is 8.02. The summed E-state index contributed by atoms with van der Waals surface area (Å²) < 4.78 is 50.1. The van der Waals surface area contributed by atoms with E-state index in [0.717, 1.165) is 0 Å². The second-order valence-corrected chi connectivity index (χ2v) is 9.42. The third-order valence-corrected chi connectivity index (χ3v) is 5.93. The average molecular weight is 675 g/mol. The Bertz CT molecular complexity index is 1080. The molecule has 0 amide bonds. The van der Waals surface area contributed by atoms with Crippen LogP contribution in [0.25, 0.3) is 0 Å². The zero-order valence-electron chi connectivity index (χ0n) is 26.8. The largest absolute Gasteiger partial charge is 0.382 e. The molecule has 19 heteroatoms. The third-order valence-electron chi connectivity index (χ3n) is 5.93. The van der Waals surface area contributed by atoms with Gasteiger partial charge in [0.2, 0.25) is 0 Å². The monoisotopic (exact) mass is 674 g/mol. The molecule has 1 aromatic heterocycles. The topological polar surface area (TPSA) is 212 Å². The minimum atomic E-state index is -0.673. The van der Waals surface area contributed by atoms with Crippen molar-refractivity contribution in [3.05, 3.63) is 50.3 Å². The van der Waals surface area contributed by atoms with Crippen molar-refractivity contribution in [3.63, 3.8) is 0 Å². The quantitative estimate of drug-likeness (QED) is 0.0661. The van der Waals surface area contributed by atoms with Gasteiger partial charge in [-0.15, -0.1) is 5.10 Å². The molecule has 266 valence electrons. The standard InChI is InChI=1S/C28H46N6O13/c1-39-9-10-42-15-16-44-19-20-45-18-17-43-14-12-41-8-6-32-23-25(30-31-32)24-47-22-21-46-13-11-40-7-5-29-28-26(33(35)36)3-2-4-27(28)34(37)38/h2-4,23,29H,5-22,24H2,1H3. The first kappa shape index (κ1) is 39.8. The van der Waals surface area contributed by atoms with Crippen LogP contribution in [0.1, 0.15) is 5.69 Å². The van der Waals surface area contributed by atoms with Gasteiger partial charge in [0.1, 0.15) is 5.69 Å². The summed E-state index contributed by atoms with van der Waals surface area (Å²) in [6.07, 6.45) is 1.79. The molecule has 0 bridgehead atoms. The van der Waals surface area contributed by atoms with E-state index in [-0.39, 0.29) is 43.4 Å². The minimum Gasteiger partial charge on any atom is -0.382 e. The van der Waals surface area contributed by atoms with Crippen LogP contribution in [0.3, 0.4) is 0 Å². The molecular weight excluding hydrogens is 628 g/mol. The maximum absolute atomic E-state index is 11.2. The van der Waals surface area contributed by atoms with Gasteiger partial charge in [0.25, 0.3) is 11.4 Å². The van der Waals surface area contributed by atoms with Crippen LogP contribution in [0.4, 0.5) is 17.1 Å². The van der Waals surface area contributed by atoms with Crippen molar-refractivity contribution in [1.82, 2.24) is 15.0 Å². The molecule has 0 aliphatic rings. The summed E-state index contributed by atoms with van der Waals surface area (Å²) in [5.74, 6) is 0. The van der Waals surface area contributed by atoms with Gasteiger partial charge in [-0.2, -0.15) is 0 Å². The number of nitro groups is 2. The predicted octanol–water partition coefficient (Wildman–Crippen LogP) is 1.49. The van der Waals surface area contributed by atoms with Crippen molar-refractivity contribution < 1.29 is 52.5 Å². The highest BCUT2D eigenvalue weighted by Gasteiger charge is 2.24. The summed E-state index contributed by atoms with van der Waals surface area (Å²) in [4.78, 5) is 21.0. The van der Waals surface area contributed by atoms with Crippen LogP contribution < -0.4 is 5.32 Å². The van der Waals surface area contributed by atoms with E-state index < -0.39 is 9.85 Å². The van der Waals surface area contributed by atoms with Gasteiger partial charge in [0.15, 0.2) is 5.69 Å². The van der Waals surface area contributed by atoms with Crippen molar-refractivity contribution in [3.8, 4) is 0 Å². The molecule has 2 aromatic rings. The van der Waals surface area contributed by atoms with Gasteiger partial charge in [-0.05, 0) is 6.07 Å². The van der Waals surface area contributed by atoms with Gasteiger partial charge in [-0.3, -0.25) is 20.2 Å². The van der Waals surface area contributed by atoms with E-state index in [0.29, 0.717) is 105 Å². The van der Waals surface area contributed by atoms with Crippen molar-refractivity contribution >= 4 is 17.1 Å². The lowest BCUT2D eigenvalue weighted by atomic mass is 10.2. The molecular formula is C28H46N6O13. The summed E-state index contributed by atoms with van der Waals surface area (Å²) in [5.41, 5.74) is -0.207. The fraction of sp³-hybridized carbons (Fsp3) is 0.714. The Balaban J connectivity index is 1.36. The number of nitrogens with one attached hydrogen (secondary N) is 1. The molecule has 0 saturated heterocycles. The van der Waals surface area contributed by atoms with E-state index in [1.807, 2.05) is 0 Å². The Kier molecular flexibility index (Phi) is 22.6. The second-order valence-electron chi connectivity index (χ2n) is 9.42. The number of aromatic nitrogens is 3. The summed E-state index contributed by atoms with van der Waals surface area (Å²) in [5, 5.41) is 33.2. The summed E-state index contributed by atoms with van der Waals surface area (Å²) in [7, 11) is 1.63. The molecule has 0 aliphatic carbocycles. The van der Waals surface area contributed by atoms with Crippen LogP contribution in [0.2, 0.25) is 0 Å². The van der Waals surface area contributed by atoms with Gasteiger partial charge in [0.05, 0.1) is 135 Å². The van der Waals surface area contributed by atoms with Crippen molar-refractivity contribution in [2.75, 3.05) is 125 Å². The first-order chi connectivity index (χ1) is 23.0. The first-order valence-corrected chi connectivity index (χ1v) is 15.2. The van der Waals surface area contributed by atoms with Crippen molar-refractivity contribution in [2.45, 2.75) is 13.2 Å². The fourth-order valence-corrected chi connectivity index (χ4v) is 3.67. The second kappa shape index (κ2) is 26.6. The Morgan fingerprint density at radius 3 is 1.60 bits per heavy atom. The molecule has 2 rings (SSSR count). The molecule has 47 heavy (non-hydrogen) atoms. The molecule has 1 heterocycles. The molecule has 0 fully saturated rings. The van der Waals surface area contributed by atoms with Crippen LogP contribution in [-0.2, 0) is 55.8 Å². The number of ether oxygens (including phenoxy) is 9. The molecule has 0 radical (unpaired) electrons. The summed E-state index contributed by atoms with van der Waals surface area (Å²) >= 11 is 0. The first-order valence-electron chi connectivity index (χ1n) is 15.2. The number of rotatable bonds is 32. The van der Waals surface area contributed by atoms with Crippen LogP contribution in [0.5, 0.6) is 0 Å². The lowest BCUT2D eigenvalue weighted by molar-refractivity contribution is -0.392. The van der Waals surface area contributed by atoms with E-state index in [1.54, 1.807) is 18.0 Å². The van der Waals surface area contributed by atoms with E-state index >= 15 is 0 Å². The number of methoxy groups -OCH3 is 1. The summed E-state index contributed by atoms with van der Waals surface area (Å²) in [6, 6.07) is 3.67. The molecule has 1 N–H and O–H groups in total. The van der Waals surface area contributed by atoms with Crippen molar-refractivity contribution in [2.24, 2.45) is 0 Å². The Morgan fingerprint density at radius 2 is 1.11 bits per heavy atom. The zero-order chi connectivity index (χ0) is 33.8. The fourth-order valence-electron chi connectivity index (χ4n) is 3.67. The zero-order valence-corrected chi connectivity index (χ0v) is 26.8. The van der Waals surface area contributed by atoms with Gasteiger partial charge >= 0.3 is 0 Å². The SMILES string of the molecule is COCCOCCOCCOCCOCCOCCn1cc(COCCOCCOCCNc2c([N+](=O)[O-])cccc2[N+](=O)[O-])nn1. The molecule has 19 nitrogen and oxygen atoms in total. The Morgan fingerprint density at radius 1 is 0.660 bits per heavy atom. The van der Waals surface area contributed by atoms with E-state index in [9.17, 15) is 20.2 Å². The third kappa shape index (κ3) is 19.1. The molecule has 0 saturated carbocycles. The Hall–Kier alpha value is -3.40. The number of nitro benzene ring substituents is 2. The van der Waals surface area contributed by atoms with E-state index in [2.05, 4.69) is 15.6 Å². The predicted molar refractivity (Wildman–Crippen MR) is 166 cm³/mol. The normalized spacial score (nSPS) is 11.3. The van der Waals surface area contributed by atoms with Crippen molar-refractivity contribution in [1.29, 1.82) is 0 Å². The molecule has 0 atom stereocenters. The Labute approximate surface area is 272 Å². The number of hydrogen-bond acceptors (Lipinski definition) is 16. The number of nitrogens with zero attached hydrogens (tertiary/aromatic N) is 5. The van der Waals surface area contributed by atoms with Gasteiger partial charge < -0.3 is 47.9 Å². The lowest BCUT2D eigenvalue weighted by Gasteiger charge is -2.09. The smallest absolute Gasteiger partial charge is 0.299 e. The molecule has 0 unspecified atom stereocenters. The lowest BCUT2D eigenvalue weighted by Crippen LogP contribution is -2.15. The number of anilines is 1. The van der Waals surface area contributed by atoms with Crippen LogP contribution in [-0.4, -0.2) is 144 Å². The van der Waals surface area contributed by atoms with Gasteiger partial charge in [-0.25, -0.2) is 4.68 Å². The van der Waals surface area contributed by atoms with Gasteiger partial charge in [-0.1, -0.05) is 5.21 Å². The highest BCUT2D eigenvalue weighted by molar-refractivity contribution is 5.73. The van der Waals surface area contributed by atoms with Crippen LogP contribution in [0, 0.1) is 20.2 Å². The average Bonchev–Trinajstić information content (AvgIpc) is 3.52. The van der Waals surface area contributed by atoms with Gasteiger partial charge in [0, 0.05) is 25.8 Å². The maximum Gasteiger partial charge on any atom is 0.299 e. The maximum atomic E-state index is 11.2. The molecule has 0 aliphatic heterocycles. The van der Waals surface area contributed by atoms with Crippen LogP contribution >= 0.6 is 0 Å². The number of hydrogen-bond donors (Lipinski definition) is 1.